The number of halogens is 1. The average molecular weight is 455 g/mol. The van der Waals surface area contributed by atoms with Crippen LogP contribution in [0.4, 0.5) is 5.69 Å². The topological polar surface area (TPSA) is 68.9 Å². The van der Waals surface area contributed by atoms with Crippen molar-refractivity contribution < 1.29 is 9.47 Å². The van der Waals surface area contributed by atoms with Crippen LogP contribution in [-0.4, -0.2) is 26.3 Å². The third kappa shape index (κ3) is 7.74. The molecule has 5 nitrogen and oxygen atoms in total. The number of hydrogen-bond acceptors (Lipinski definition) is 3. The van der Waals surface area contributed by atoms with Crippen molar-refractivity contribution in [1.82, 2.24) is 0 Å². The molecule has 0 atom stereocenters. The summed E-state index contributed by atoms with van der Waals surface area (Å²) in [6, 6.07) is 15.8. The first-order valence-corrected chi connectivity index (χ1v) is 8.02. The molecule has 0 spiro atoms. The summed E-state index contributed by atoms with van der Waals surface area (Å²) in [4.78, 5) is 4.40. The molecule has 3 N–H and O–H groups in total. The third-order valence-electron chi connectivity index (χ3n) is 3.44. The minimum atomic E-state index is 0. The van der Waals surface area contributed by atoms with Crippen molar-refractivity contribution in [3.8, 4) is 5.75 Å². The molecule has 0 aliphatic rings. The van der Waals surface area contributed by atoms with Crippen molar-refractivity contribution in [2.45, 2.75) is 19.9 Å². The van der Waals surface area contributed by atoms with E-state index in [0.717, 1.165) is 29.0 Å². The van der Waals surface area contributed by atoms with Gasteiger partial charge in [-0.25, -0.2) is 4.99 Å². The molecule has 2 aromatic rings. The van der Waals surface area contributed by atoms with Gasteiger partial charge in [-0.1, -0.05) is 30.3 Å². The van der Waals surface area contributed by atoms with Crippen molar-refractivity contribution in [3.05, 3.63) is 59.7 Å². The number of guanidine groups is 1. The van der Waals surface area contributed by atoms with Crippen molar-refractivity contribution >= 4 is 35.6 Å². The summed E-state index contributed by atoms with van der Waals surface area (Å²) in [7, 11) is 1.69. The fourth-order valence-electron chi connectivity index (χ4n) is 2.19. The van der Waals surface area contributed by atoms with Crippen molar-refractivity contribution in [2.75, 3.05) is 25.6 Å². The van der Waals surface area contributed by atoms with Crippen LogP contribution in [0.25, 0.3) is 0 Å². The summed E-state index contributed by atoms with van der Waals surface area (Å²) in [5.74, 6) is 1.23. The Kier molecular flexibility index (Phi) is 9.94. The first-order valence-electron chi connectivity index (χ1n) is 8.02. The van der Waals surface area contributed by atoms with Crippen molar-refractivity contribution in [1.29, 1.82) is 0 Å². The van der Waals surface area contributed by atoms with Crippen LogP contribution in [0.3, 0.4) is 0 Å². The highest BCUT2D eigenvalue weighted by atomic mass is 127. The molecule has 0 aromatic heterocycles. The summed E-state index contributed by atoms with van der Waals surface area (Å²) in [5, 5.41) is 3.07. The predicted octanol–water partition coefficient (Wildman–Crippen LogP) is 3.96. The molecule has 25 heavy (non-hydrogen) atoms. The van der Waals surface area contributed by atoms with Gasteiger partial charge < -0.3 is 20.5 Å². The highest BCUT2D eigenvalue weighted by molar-refractivity contribution is 14.0. The minimum Gasteiger partial charge on any atom is -0.493 e. The number of anilines is 1. The number of nitrogens with two attached hydrogens (primary N) is 1. The zero-order valence-electron chi connectivity index (χ0n) is 14.7. The molecular formula is C19H26IN3O2. The number of aliphatic imine (C=N–C) groups is 1. The number of hydrogen-bond donors (Lipinski definition) is 2. The summed E-state index contributed by atoms with van der Waals surface area (Å²) in [6.45, 7) is 3.81. The number of methoxy groups -OCH3 is 1. The number of nitrogens with zero attached hydrogens (tertiary/aromatic N) is 1. The Morgan fingerprint density at radius 2 is 1.88 bits per heavy atom. The zero-order chi connectivity index (χ0) is 17.2. The fourth-order valence-corrected chi connectivity index (χ4v) is 2.19. The van der Waals surface area contributed by atoms with E-state index < -0.39 is 0 Å². The SMILES string of the molecule is COCCCOc1cc(C)ccc1CN=C(N)Nc1ccccc1.I. The largest absolute Gasteiger partial charge is 0.493 e. The van der Waals surface area contributed by atoms with Gasteiger partial charge in [0.2, 0.25) is 0 Å². The number of aryl methyl sites for hydroxylation is 1. The average Bonchev–Trinajstić information content (AvgIpc) is 2.59. The number of benzene rings is 2. The van der Waals surface area contributed by atoms with E-state index >= 15 is 0 Å². The second kappa shape index (κ2) is 11.7. The van der Waals surface area contributed by atoms with E-state index in [0.29, 0.717) is 25.7 Å². The summed E-state index contributed by atoms with van der Waals surface area (Å²) >= 11 is 0. The maximum atomic E-state index is 5.95. The zero-order valence-corrected chi connectivity index (χ0v) is 17.0. The molecular weight excluding hydrogens is 429 g/mol. The van der Waals surface area contributed by atoms with Gasteiger partial charge in [-0.2, -0.15) is 0 Å². The summed E-state index contributed by atoms with van der Waals surface area (Å²) in [6.07, 6.45) is 0.852. The molecule has 0 heterocycles. The molecule has 0 saturated carbocycles. The van der Waals surface area contributed by atoms with Gasteiger partial charge >= 0.3 is 0 Å². The van der Waals surface area contributed by atoms with Gasteiger partial charge in [-0.05, 0) is 30.7 Å². The molecule has 6 heteroatoms. The molecule has 0 aliphatic heterocycles. The van der Waals surface area contributed by atoms with Crippen LogP contribution in [0.15, 0.2) is 53.5 Å². The van der Waals surface area contributed by atoms with Gasteiger partial charge in [0.25, 0.3) is 0 Å². The van der Waals surface area contributed by atoms with E-state index in [4.69, 9.17) is 15.2 Å². The van der Waals surface area contributed by atoms with Gasteiger partial charge in [-0.15, -0.1) is 24.0 Å². The smallest absolute Gasteiger partial charge is 0.193 e. The van der Waals surface area contributed by atoms with E-state index in [-0.39, 0.29) is 24.0 Å². The van der Waals surface area contributed by atoms with Crippen LogP contribution >= 0.6 is 24.0 Å². The van der Waals surface area contributed by atoms with Crippen LogP contribution in [0.5, 0.6) is 5.75 Å². The minimum absolute atomic E-state index is 0. The number of rotatable bonds is 8. The summed E-state index contributed by atoms with van der Waals surface area (Å²) < 4.78 is 10.9. The van der Waals surface area contributed by atoms with Gasteiger partial charge in [0.05, 0.1) is 13.2 Å². The highest BCUT2D eigenvalue weighted by Crippen LogP contribution is 2.21. The van der Waals surface area contributed by atoms with E-state index in [2.05, 4.69) is 10.3 Å². The van der Waals surface area contributed by atoms with Gasteiger partial charge in [-0.3, -0.25) is 0 Å². The summed E-state index contributed by atoms with van der Waals surface area (Å²) in [5.41, 5.74) is 9.03. The lowest BCUT2D eigenvalue weighted by atomic mass is 10.1. The van der Waals surface area contributed by atoms with Gasteiger partial charge in [0.1, 0.15) is 5.75 Å². The van der Waals surface area contributed by atoms with Crippen molar-refractivity contribution in [3.63, 3.8) is 0 Å². The van der Waals surface area contributed by atoms with E-state index in [1.54, 1.807) is 7.11 Å². The van der Waals surface area contributed by atoms with E-state index in [9.17, 15) is 0 Å². The maximum Gasteiger partial charge on any atom is 0.193 e. The molecule has 0 amide bonds. The molecule has 2 aromatic carbocycles. The van der Waals surface area contributed by atoms with Gasteiger partial charge in [0.15, 0.2) is 5.96 Å². The Morgan fingerprint density at radius 3 is 2.60 bits per heavy atom. The monoisotopic (exact) mass is 455 g/mol. The third-order valence-corrected chi connectivity index (χ3v) is 3.44. The Labute approximate surface area is 166 Å². The predicted molar refractivity (Wildman–Crippen MR) is 114 cm³/mol. The normalized spacial score (nSPS) is 10.9. The number of ether oxygens (including phenoxy) is 2. The first-order chi connectivity index (χ1) is 11.7. The maximum absolute atomic E-state index is 5.95. The molecule has 136 valence electrons. The number of para-hydroxylation sites is 1. The molecule has 2 rings (SSSR count). The Morgan fingerprint density at radius 1 is 1.12 bits per heavy atom. The molecule has 0 bridgehead atoms. The second-order valence-corrected chi connectivity index (χ2v) is 5.50. The Balaban J connectivity index is 0.00000312. The number of nitrogens with one attached hydrogen (secondary N) is 1. The molecule has 0 fully saturated rings. The Bertz CT molecular complexity index is 663. The first kappa shape index (κ1) is 21.2. The van der Waals surface area contributed by atoms with E-state index in [1.165, 1.54) is 0 Å². The van der Waals surface area contributed by atoms with E-state index in [1.807, 2.05) is 55.5 Å². The van der Waals surface area contributed by atoms with Crippen LogP contribution in [0.1, 0.15) is 17.5 Å². The lowest BCUT2D eigenvalue weighted by molar-refractivity contribution is 0.172. The molecule has 0 radical (unpaired) electrons. The quantitative estimate of drug-likeness (QED) is 0.274. The van der Waals surface area contributed by atoms with Crippen LogP contribution in [-0.2, 0) is 11.3 Å². The lowest BCUT2D eigenvalue weighted by Crippen LogP contribution is -2.22. The molecule has 0 unspecified atom stereocenters. The lowest BCUT2D eigenvalue weighted by Gasteiger charge is -2.12. The highest BCUT2D eigenvalue weighted by Gasteiger charge is 2.04. The fraction of sp³-hybridized carbons (Fsp3) is 0.316. The second-order valence-electron chi connectivity index (χ2n) is 5.50. The van der Waals surface area contributed by atoms with Crippen LogP contribution < -0.4 is 15.8 Å². The molecule has 0 aliphatic carbocycles. The molecule has 0 saturated heterocycles. The van der Waals surface area contributed by atoms with Crippen LogP contribution in [0.2, 0.25) is 0 Å². The standard InChI is InChI=1S/C19H25N3O2.HI/c1-15-9-10-16(18(13-15)24-12-6-11-23-2)14-21-19(20)22-17-7-4-3-5-8-17;/h3-5,7-10,13H,6,11-12,14H2,1-2H3,(H3,20,21,22);1H. The Hall–Kier alpha value is -1.80. The van der Waals surface area contributed by atoms with Gasteiger partial charge in [0, 0.05) is 31.4 Å². The van der Waals surface area contributed by atoms with Crippen LogP contribution in [0, 0.1) is 6.92 Å². The van der Waals surface area contributed by atoms with Crippen molar-refractivity contribution in [2.24, 2.45) is 10.7 Å².